The standard InChI is InChI=1S/C3H6O3.4CH2O3.Na.H/c1-2-6-3(4)5;4*2-1(3)4;;/h2H2,1H3,(H,4,5);4*(H2,2,3,4);;/q;;;;;+1;-1. The van der Waals surface area contributed by atoms with E-state index in [0.717, 1.165) is 0 Å². The normalized spacial score (nSPS) is 6.13. The molecule has 0 aromatic carbocycles. The van der Waals surface area contributed by atoms with Crippen LogP contribution in [0.2, 0.25) is 0 Å². The molecule has 0 fully saturated rings. The second-order valence-corrected chi connectivity index (χ2v) is 1.83. The zero-order chi connectivity index (χ0) is 19.3. The Morgan fingerprint density at radius 3 is 0.783 bits per heavy atom. The molecule has 0 rings (SSSR count). The summed E-state index contributed by atoms with van der Waals surface area (Å²) in [6.45, 7) is 1.85. The van der Waals surface area contributed by atoms with E-state index < -0.39 is 30.8 Å². The van der Waals surface area contributed by atoms with Crippen LogP contribution in [0.15, 0.2) is 0 Å². The molecule has 0 aromatic rings. The quantitative estimate of drug-likeness (QED) is 0.194. The monoisotopic (exact) mass is 362 g/mol. The Kier molecular flexibility index (Phi) is 50.9. The Balaban J connectivity index is -0.0000000298. The fourth-order valence-corrected chi connectivity index (χ4v) is 0.123. The van der Waals surface area contributed by atoms with Gasteiger partial charge < -0.3 is 52.1 Å². The summed E-state index contributed by atoms with van der Waals surface area (Å²) in [6.07, 6.45) is -8.54. The minimum atomic E-state index is -1.83. The molecule has 0 saturated carbocycles. The minimum absolute atomic E-state index is 0. The van der Waals surface area contributed by atoms with E-state index in [4.69, 9.17) is 65.1 Å². The van der Waals surface area contributed by atoms with E-state index in [1.807, 2.05) is 0 Å². The van der Waals surface area contributed by atoms with Crippen molar-refractivity contribution in [2.24, 2.45) is 0 Å². The number of hydrogen-bond acceptors (Lipinski definition) is 6. The molecule has 16 heteroatoms. The second kappa shape index (κ2) is 31.6. The third-order valence-electron chi connectivity index (χ3n) is 0.268. The van der Waals surface area contributed by atoms with E-state index in [1.54, 1.807) is 6.92 Å². The van der Waals surface area contributed by atoms with Crippen molar-refractivity contribution in [1.82, 2.24) is 0 Å². The van der Waals surface area contributed by atoms with Crippen LogP contribution >= 0.6 is 0 Å². The number of rotatable bonds is 1. The van der Waals surface area contributed by atoms with Gasteiger partial charge in [0.15, 0.2) is 0 Å². The van der Waals surface area contributed by atoms with Crippen molar-refractivity contribution in [3.05, 3.63) is 0 Å². The molecule has 0 aliphatic rings. The van der Waals surface area contributed by atoms with Crippen LogP contribution < -0.4 is 29.6 Å². The summed E-state index contributed by atoms with van der Waals surface area (Å²) in [5, 5.41) is 63.5. The van der Waals surface area contributed by atoms with Gasteiger partial charge in [0.2, 0.25) is 0 Å². The molecule has 23 heavy (non-hydrogen) atoms. The predicted octanol–water partition coefficient (Wildman–Crippen LogP) is -1.29. The number of ether oxygens (including phenoxy) is 1. The maximum atomic E-state index is 9.38. The largest absolute Gasteiger partial charge is 1.00 e. The van der Waals surface area contributed by atoms with Gasteiger partial charge in [0.1, 0.15) is 0 Å². The molecule has 9 N–H and O–H groups in total. The summed E-state index contributed by atoms with van der Waals surface area (Å²) in [6, 6.07) is 0. The summed E-state index contributed by atoms with van der Waals surface area (Å²) in [5.74, 6) is 0. The van der Waals surface area contributed by atoms with Crippen molar-refractivity contribution in [3.63, 3.8) is 0 Å². The van der Waals surface area contributed by atoms with Crippen LogP contribution in [0.3, 0.4) is 0 Å². The van der Waals surface area contributed by atoms with E-state index in [9.17, 15) is 4.79 Å². The Bertz CT molecular complexity index is 268. The molecule has 0 spiro atoms. The van der Waals surface area contributed by atoms with E-state index in [0.29, 0.717) is 0 Å². The summed E-state index contributed by atoms with van der Waals surface area (Å²) >= 11 is 0. The molecule has 0 aliphatic heterocycles. The van der Waals surface area contributed by atoms with Gasteiger partial charge in [0.25, 0.3) is 0 Å². The van der Waals surface area contributed by atoms with Crippen molar-refractivity contribution in [2.75, 3.05) is 6.61 Å². The van der Waals surface area contributed by atoms with Crippen LogP contribution in [0.4, 0.5) is 24.0 Å². The Labute approximate surface area is 150 Å². The Morgan fingerprint density at radius 2 is 0.783 bits per heavy atom. The number of hydrogen-bond donors (Lipinski definition) is 9. The molecule has 0 bridgehead atoms. The van der Waals surface area contributed by atoms with Crippen LogP contribution in [-0.4, -0.2) is 83.3 Å². The minimum Gasteiger partial charge on any atom is -1.00 e. The Hall–Kier alpha value is -2.65. The van der Waals surface area contributed by atoms with Crippen LogP contribution in [0.1, 0.15) is 8.35 Å². The van der Waals surface area contributed by atoms with Crippen molar-refractivity contribution in [2.45, 2.75) is 6.92 Å². The maximum Gasteiger partial charge on any atom is 1.00 e. The summed E-state index contributed by atoms with van der Waals surface area (Å²) in [7, 11) is 0. The smallest absolute Gasteiger partial charge is 1.00 e. The molecular formula is C7H15NaO15. The van der Waals surface area contributed by atoms with Gasteiger partial charge in [-0.15, -0.1) is 0 Å². The fourth-order valence-electron chi connectivity index (χ4n) is 0.123. The molecule has 0 heterocycles. The van der Waals surface area contributed by atoms with Gasteiger partial charge in [0.05, 0.1) is 6.61 Å². The number of carboxylic acid groups (broad SMARTS) is 9. The summed E-state index contributed by atoms with van der Waals surface area (Å²) in [4.78, 5) is 43.6. The third kappa shape index (κ3) is 47500. The first-order chi connectivity index (χ1) is 9.70. The first-order valence-corrected chi connectivity index (χ1v) is 4.23. The first-order valence-electron chi connectivity index (χ1n) is 4.23. The van der Waals surface area contributed by atoms with E-state index in [2.05, 4.69) is 4.74 Å². The molecule has 0 saturated heterocycles. The SMILES string of the molecule is CCOC(=O)O.O=C(O)O.O=C(O)O.O=C(O)O.O=C(O)O.[H-].[Na+]. The molecule has 0 unspecified atom stereocenters. The molecule has 0 aromatic heterocycles. The van der Waals surface area contributed by atoms with Gasteiger partial charge in [-0.3, -0.25) is 0 Å². The van der Waals surface area contributed by atoms with Crippen LogP contribution in [-0.2, 0) is 4.74 Å². The summed E-state index contributed by atoms with van der Waals surface area (Å²) < 4.78 is 3.96. The van der Waals surface area contributed by atoms with Crippen molar-refractivity contribution >= 4 is 30.8 Å². The van der Waals surface area contributed by atoms with Crippen molar-refractivity contribution < 1.29 is 106 Å². The molecular weight excluding hydrogens is 347 g/mol. The molecule has 134 valence electrons. The molecule has 0 atom stereocenters. The zero-order valence-electron chi connectivity index (χ0n) is 12.7. The van der Waals surface area contributed by atoms with Gasteiger partial charge in [0, 0.05) is 0 Å². The van der Waals surface area contributed by atoms with Crippen LogP contribution in [0.5, 0.6) is 0 Å². The van der Waals surface area contributed by atoms with E-state index in [-0.39, 0.29) is 37.6 Å². The first kappa shape index (κ1) is 37.0. The average molecular weight is 362 g/mol. The van der Waals surface area contributed by atoms with Gasteiger partial charge in [-0.2, -0.15) is 0 Å². The van der Waals surface area contributed by atoms with Crippen molar-refractivity contribution in [1.29, 1.82) is 0 Å². The molecule has 0 radical (unpaired) electrons. The van der Waals surface area contributed by atoms with Gasteiger partial charge in [-0.05, 0) is 6.92 Å². The second-order valence-electron chi connectivity index (χ2n) is 1.83. The molecule has 15 nitrogen and oxygen atoms in total. The van der Waals surface area contributed by atoms with Gasteiger partial charge in [-0.25, -0.2) is 24.0 Å². The summed E-state index contributed by atoms with van der Waals surface area (Å²) in [5.41, 5.74) is 0. The van der Waals surface area contributed by atoms with Gasteiger partial charge in [-0.1, -0.05) is 0 Å². The van der Waals surface area contributed by atoms with Crippen LogP contribution in [0, 0.1) is 0 Å². The van der Waals surface area contributed by atoms with Crippen LogP contribution in [0.25, 0.3) is 0 Å². The molecule has 0 amide bonds. The Morgan fingerprint density at radius 1 is 0.652 bits per heavy atom. The predicted molar refractivity (Wildman–Crippen MR) is 63.4 cm³/mol. The van der Waals surface area contributed by atoms with Gasteiger partial charge >= 0.3 is 60.3 Å². The number of carbonyl (C=O) groups is 5. The van der Waals surface area contributed by atoms with E-state index in [1.165, 1.54) is 0 Å². The fraction of sp³-hybridized carbons (Fsp3) is 0.286. The van der Waals surface area contributed by atoms with E-state index >= 15 is 0 Å². The molecule has 0 aliphatic carbocycles. The maximum absolute atomic E-state index is 9.38. The average Bonchev–Trinajstić information content (AvgIpc) is 2.12. The van der Waals surface area contributed by atoms with Crippen molar-refractivity contribution in [3.8, 4) is 0 Å². The zero-order valence-corrected chi connectivity index (χ0v) is 13.7. The topological polar surface area (TPSA) is 277 Å². The third-order valence-corrected chi connectivity index (χ3v) is 0.268.